The van der Waals surface area contributed by atoms with Gasteiger partial charge in [-0.05, 0) is 23.8 Å². The van der Waals surface area contributed by atoms with Crippen LogP contribution in [0.2, 0.25) is 0 Å². The van der Waals surface area contributed by atoms with E-state index in [4.69, 9.17) is 19.3 Å². The van der Waals surface area contributed by atoms with Crippen LogP contribution >= 0.6 is 0 Å². The lowest BCUT2D eigenvalue weighted by Crippen LogP contribution is -2.08. The second kappa shape index (κ2) is 7.59. The van der Waals surface area contributed by atoms with Gasteiger partial charge in [0, 0.05) is 12.7 Å². The molecule has 0 aliphatic carbocycles. The van der Waals surface area contributed by atoms with Crippen molar-refractivity contribution in [2.45, 2.75) is 6.61 Å². The van der Waals surface area contributed by atoms with Gasteiger partial charge in [0.2, 0.25) is 0 Å². The third-order valence-electron chi connectivity index (χ3n) is 3.16. The molecule has 0 aliphatic heterocycles. The monoisotopic (exact) mass is 302 g/mol. The average molecular weight is 302 g/mol. The summed E-state index contributed by atoms with van der Waals surface area (Å²) in [5, 5.41) is 9.06. The van der Waals surface area contributed by atoms with Crippen LogP contribution in [0.3, 0.4) is 0 Å². The quantitative estimate of drug-likeness (QED) is 0.628. The van der Waals surface area contributed by atoms with Crippen LogP contribution in [0.1, 0.15) is 21.5 Å². The first kappa shape index (κ1) is 16.0. The molecule has 1 N–H and O–H groups in total. The van der Waals surface area contributed by atoms with Crippen molar-refractivity contribution in [2.75, 3.05) is 21.0 Å². The molecule has 0 fully saturated rings. The summed E-state index contributed by atoms with van der Waals surface area (Å²) in [6.07, 6.45) is 0. The molecule has 0 radical (unpaired) electrons. The van der Waals surface area contributed by atoms with E-state index < -0.39 is 0 Å². The molecule has 0 spiro atoms. The molecule has 0 saturated heterocycles. The summed E-state index contributed by atoms with van der Waals surface area (Å²) in [4.78, 5) is 12.7. The maximum absolute atomic E-state index is 12.7. The summed E-state index contributed by atoms with van der Waals surface area (Å²) in [6, 6.07) is 11.8. The fourth-order valence-corrected chi connectivity index (χ4v) is 1.98. The van der Waals surface area contributed by atoms with Crippen molar-refractivity contribution in [3.63, 3.8) is 0 Å². The third kappa shape index (κ3) is 3.63. The lowest BCUT2D eigenvalue weighted by atomic mass is 10.0. The lowest BCUT2D eigenvalue weighted by molar-refractivity contribution is 0.0503. The Morgan fingerprint density at radius 3 is 2.41 bits per heavy atom. The largest absolute Gasteiger partial charge is 0.497 e. The Labute approximate surface area is 129 Å². The van der Waals surface area contributed by atoms with E-state index in [1.54, 1.807) is 42.5 Å². The minimum atomic E-state index is -0.186. The molecule has 2 rings (SSSR count). The second-order valence-electron chi connectivity index (χ2n) is 4.60. The molecule has 0 aliphatic rings. The van der Waals surface area contributed by atoms with E-state index in [0.717, 1.165) is 5.56 Å². The van der Waals surface area contributed by atoms with Gasteiger partial charge < -0.3 is 19.3 Å². The van der Waals surface area contributed by atoms with Crippen LogP contribution in [-0.4, -0.2) is 31.9 Å². The second-order valence-corrected chi connectivity index (χ2v) is 4.60. The number of methoxy groups -OCH3 is 2. The normalized spacial score (nSPS) is 10.3. The summed E-state index contributed by atoms with van der Waals surface area (Å²) in [6.45, 7) is -0.00805. The Bertz CT molecular complexity index is 634. The average Bonchev–Trinajstić information content (AvgIpc) is 2.59. The van der Waals surface area contributed by atoms with Gasteiger partial charge in [-0.1, -0.05) is 24.3 Å². The SMILES string of the molecule is COCOc1ccc(OC)cc1C(=O)c1ccc(CO)cc1. The number of carbonyl (C=O) groups excluding carboxylic acids is 1. The van der Waals surface area contributed by atoms with E-state index in [-0.39, 0.29) is 19.2 Å². The minimum absolute atomic E-state index is 0.0516. The summed E-state index contributed by atoms with van der Waals surface area (Å²) >= 11 is 0. The van der Waals surface area contributed by atoms with Crippen molar-refractivity contribution >= 4 is 5.78 Å². The zero-order valence-corrected chi connectivity index (χ0v) is 12.5. The number of aliphatic hydroxyl groups excluding tert-OH is 1. The van der Waals surface area contributed by atoms with Crippen molar-refractivity contribution in [1.29, 1.82) is 0 Å². The van der Waals surface area contributed by atoms with Crippen molar-refractivity contribution in [2.24, 2.45) is 0 Å². The van der Waals surface area contributed by atoms with Crippen LogP contribution in [0, 0.1) is 0 Å². The van der Waals surface area contributed by atoms with Crippen molar-refractivity contribution in [3.05, 3.63) is 59.2 Å². The molecule has 5 heteroatoms. The van der Waals surface area contributed by atoms with E-state index in [9.17, 15) is 4.79 Å². The van der Waals surface area contributed by atoms with Crippen molar-refractivity contribution < 1.29 is 24.1 Å². The molecule has 5 nitrogen and oxygen atoms in total. The highest BCUT2D eigenvalue weighted by atomic mass is 16.7. The van der Waals surface area contributed by atoms with Crippen LogP contribution in [0.5, 0.6) is 11.5 Å². The molecular weight excluding hydrogens is 284 g/mol. The van der Waals surface area contributed by atoms with E-state index in [2.05, 4.69) is 0 Å². The van der Waals surface area contributed by atoms with Gasteiger partial charge >= 0.3 is 0 Å². The van der Waals surface area contributed by atoms with Crippen LogP contribution in [0.15, 0.2) is 42.5 Å². The molecule has 0 amide bonds. The van der Waals surface area contributed by atoms with E-state index in [1.807, 2.05) is 0 Å². The molecule has 0 unspecified atom stereocenters. The molecule has 0 aromatic heterocycles. The van der Waals surface area contributed by atoms with Crippen molar-refractivity contribution in [3.8, 4) is 11.5 Å². The first-order chi connectivity index (χ1) is 10.7. The van der Waals surface area contributed by atoms with Gasteiger partial charge in [-0.15, -0.1) is 0 Å². The summed E-state index contributed by atoms with van der Waals surface area (Å²) < 4.78 is 15.5. The number of aliphatic hydroxyl groups is 1. The van der Waals surface area contributed by atoms with Gasteiger partial charge in [-0.2, -0.15) is 0 Å². The van der Waals surface area contributed by atoms with Crippen LogP contribution in [0.4, 0.5) is 0 Å². The molecule has 0 saturated carbocycles. The van der Waals surface area contributed by atoms with Crippen molar-refractivity contribution in [1.82, 2.24) is 0 Å². The van der Waals surface area contributed by atoms with Gasteiger partial charge in [-0.25, -0.2) is 0 Å². The number of ketones is 1. The predicted octanol–water partition coefficient (Wildman–Crippen LogP) is 2.40. The van der Waals surface area contributed by atoms with Crippen LogP contribution < -0.4 is 9.47 Å². The van der Waals surface area contributed by atoms with E-state index >= 15 is 0 Å². The number of carbonyl (C=O) groups is 1. The van der Waals surface area contributed by atoms with Gasteiger partial charge in [0.15, 0.2) is 12.6 Å². The Morgan fingerprint density at radius 1 is 1.09 bits per heavy atom. The summed E-state index contributed by atoms with van der Waals surface area (Å²) in [7, 11) is 3.05. The predicted molar refractivity (Wildman–Crippen MR) is 81.3 cm³/mol. The zero-order valence-electron chi connectivity index (χ0n) is 12.5. The maximum Gasteiger partial charge on any atom is 0.196 e. The smallest absolute Gasteiger partial charge is 0.196 e. The topological polar surface area (TPSA) is 65.0 Å². The molecule has 0 bridgehead atoms. The first-order valence-electron chi connectivity index (χ1n) is 6.74. The number of benzene rings is 2. The van der Waals surface area contributed by atoms with Gasteiger partial charge in [0.1, 0.15) is 11.5 Å². The highest BCUT2D eigenvalue weighted by Crippen LogP contribution is 2.27. The number of hydrogen-bond donors (Lipinski definition) is 1. The fourth-order valence-electron chi connectivity index (χ4n) is 1.98. The van der Waals surface area contributed by atoms with Gasteiger partial charge in [0.25, 0.3) is 0 Å². The standard InChI is InChI=1S/C17H18O5/c1-20-11-22-16-8-7-14(21-2)9-15(16)17(19)13-5-3-12(10-18)4-6-13/h3-9,18H,10-11H2,1-2H3. The highest BCUT2D eigenvalue weighted by Gasteiger charge is 2.16. The molecule has 2 aromatic rings. The molecule has 116 valence electrons. The molecule has 2 aromatic carbocycles. The van der Waals surface area contributed by atoms with E-state index in [1.165, 1.54) is 14.2 Å². The lowest BCUT2D eigenvalue weighted by Gasteiger charge is -2.12. The van der Waals surface area contributed by atoms with Gasteiger partial charge in [-0.3, -0.25) is 4.79 Å². The molecular formula is C17H18O5. The first-order valence-corrected chi connectivity index (χ1v) is 6.74. The van der Waals surface area contributed by atoms with Crippen LogP contribution in [0.25, 0.3) is 0 Å². The summed E-state index contributed by atoms with van der Waals surface area (Å²) in [5.41, 5.74) is 1.65. The zero-order chi connectivity index (χ0) is 15.9. The molecule has 0 heterocycles. The fraction of sp³-hybridized carbons (Fsp3) is 0.235. The third-order valence-corrected chi connectivity index (χ3v) is 3.16. The summed E-state index contributed by atoms with van der Waals surface area (Å²) in [5.74, 6) is 0.813. The van der Waals surface area contributed by atoms with Crippen LogP contribution in [-0.2, 0) is 11.3 Å². The Balaban J connectivity index is 2.36. The minimum Gasteiger partial charge on any atom is -0.497 e. The maximum atomic E-state index is 12.7. The Morgan fingerprint density at radius 2 is 1.82 bits per heavy atom. The number of hydrogen-bond acceptors (Lipinski definition) is 5. The Kier molecular flexibility index (Phi) is 5.52. The highest BCUT2D eigenvalue weighted by molar-refractivity contribution is 6.11. The Hall–Kier alpha value is -2.37. The van der Waals surface area contributed by atoms with Gasteiger partial charge in [0.05, 0.1) is 19.3 Å². The molecule has 22 heavy (non-hydrogen) atoms. The molecule has 0 atom stereocenters. The van der Waals surface area contributed by atoms with E-state index in [0.29, 0.717) is 22.6 Å². The number of rotatable bonds is 7. The number of ether oxygens (including phenoxy) is 3.